The van der Waals surface area contributed by atoms with Crippen LogP contribution in [0.1, 0.15) is 27.7 Å². The van der Waals surface area contributed by atoms with E-state index in [0.29, 0.717) is 5.75 Å². The number of aromatic nitrogens is 2. The van der Waals surface area contributed by atoms with Gasteiger partial charge in [0.05, 0.1) is 12.8 Å². The maximum absolute atomic E-state index is 13.0. The van der Waals surface area contributed by atoms with E-state index >= 15 is 0 Å². The van der Waals surface area contributed by atoms with Crippen LogP contribution in [0.2, 0.25) is 18.1 Å². The fourth-order valence-corrected chi connectivity index (χ4v) is 7.03. The number of nitrogens with zero attached hydrogens (tertiary/aromatic N) is 3. The van der Waals surface area contributed by atoms with Gasteiger partial charge in [0, 0.05) is 0 Å². The highest BCUT2D eigenvalue weighted by Crippen LogP contribution is 2.37. The minimum atomic E-state index is -2.34. The monoisotopic (exact) mass is 288 g/mol. The summed E-state index contributed by atoms with van der Waals surface area (Å²) in [5.41, 5.74) is 0. The normalized spacial score (nSPS) is 16.4. The summed E-state index contributed by atoms with van der Waals surface area (Å²) in [6, 6.07) is 0. The largest absolute Gasteiger partial charge is 0.257 e. The van der Waals surface area contributed by atoms with E-state index in [-0.39, 0.29) is 5.04 Å². The number of imidazole rings is 1. The quantitative estimate of drug-likeness (QED) is 0.622. The first-order valence-corrected chi connectivity index (χ1v) is 10.9. The van der Waals surface area contributed by atoms with Gasteiger partial charge < -0.3 is 0 Å². The second-order valence-electron chi connectivity index (χ2n) is 6.23. The van der Waals surface area contributed by atoms with E-state index in [9.17, 15) is 4.21 Å². The zero-order valence-electron chi connectivity index (χ0n) is 12.6. The second kappa shape index (κ2) is 4.81. The molecule has 0 aliphatic rings. The lowest BCUT2D eigenvalue weighted by Gasteiger charge is -2.32. The molecule has 0 fully saturated rings. The molecule has 1 atom stereocenters. The lowest BCUT2D eigenvalue weighted by Crippen LogP contribution is -2.37. The van der Waals surface area contributed by atoms with Crippen molar-refractivity contribution >= 4 is 18.2 Å². The van der Waals surface area contributed by atoms with Crippen molar-refractivity contribution in [3.63, 3.8) is 0 Å². The Balaban J connectivity index is 3.38. The van der Waals surface area contributed by atoms with Crippen LogP contribution in [0, 0.1) is 0 Å². The summed E-state index contributed by atoms with van der Waals surface area (Å²) in [4.78, 5) is 0. The van der Waals surface area contributed by atoms with Crippen LogP contribution < -0.4 is 4.57 Å². The lowest BCUT2D eigenvalue weighted by molar-refractivity contribution is -0.670. The molecule has 1 rings (SSSR count). The van der Waals surface area contributed by atoms with Gasteiger partial charge in [-0.1, -0.05) is 20.8 Å². The van der Waals surface area contributed by atoms with Gasteiger partial charge in [0.1, 0.15) is 12.4 Å². The molecule has 0 aliphatic carbocycles. The molecule has 1 heterocycles. The molecule has 1 aromatic heterocycles. The molecular formula is C12H26N3OSSi+. The van der Waals surface area contributed by atoms with Gasteiger partial charge in [0.15, 0.2) is 18.2 Å². The zero-order chi connectivity index (χ0) is 14.2. The van der Waals surface area contributed by atoms with Crippen molar-refractivity contribution in [1.82, 2.24) is 3.97 Å². The number of hydrogen-bond acceptors (Lipinski definition) is 2. The zero-order valence-corrected chi connectivity index (χ0v) is 14.4. The molecule has 18 heavy (non-hydrogen) atoms. The number of hydrogen-bond donors (Lipinski definition) is 0. The summed E-state index contributed by atoms with van der Waals surface area (Å²) < 4.78 is 21.5. The first-order valence-electron chi connectivity index (χ1n) is 6.31. The maximum atomic E-state index is 13.0. The van der Waals surface area contributed by atoms with Crippen molar-refractivity contribution in [2.75, 3.05) is 5.75 Å². The molecular weight excluding hydrogens is 262 g/mol. The van der Waals surface area contributed by atoms with Gasteiger partial charge in [-0.25, -0.2) is 12.8 Å². The molecule has 0 bridgehead atoms. The Hall–Kier alpha value is -0.623. The molecule has 6 heteroatoms. The van der Waals surface area contributed by atoms with Gasteiger partial charge in [0.2, 0.25) is 0 Å². The maximum Gasteiger partial charge on any atom is 0.257 e. The molecule has 4 nitrogen and oxygen atoms in total. The number of aryl methyl sites for hydroxylation is 1. The van der Waals surface area contributed by atoms with Crippen molar-refractivity contribution in [1.29, 1.82) is 0 Å². The van der Waals surface area contributed by atoms with Crippen molar-refractivity contribution in [2.24, 2.45) is 11.1 Å². The van der Waals surface area contributed by atoms with Crippen molar-refractivity contribution in [2.45, 2.75) is 45.8 Å². The predicted octanol–water partition coefficient (Wildman–Crippen LogP) is 2.57. The molecule has 1 aromatic rings. The third-order valence-electron chi connectivity index (χ3n) is 3.66. The Kier molecular flexibility index (Phi) is 4.12. The minimum absolute atomic E-state index is 0.111. The Morgan fingerprint density at radius 2 is 1.94 bits per heavy atom. The van der Waals surface area contributed by atoms with E-state index in [1.807, 2.05) is 37.3 Å². The molecule has 0 saturated carbocycles. The Labute approximate surface area is 112 Å². The van der Waals surface area contributed by atoms with E-state index in [1.165, 1.54) is 0 Å². The lowest BCUT2D eigenvalue weighted by atomic mass is 10.2. The van der Waals surface area contributed by atoms with Gasteiger partial charge >= 0.3 is 0 Å². The van der Waals surface area contributed by atoms with Gasteiger partial charge in [-0.3, -0.25) is 0 Å². The summed E-state index contributed by atoms with van der Waals surface area (Å²) in [5.74, 6) is 0.550. The van der Waals surface area contributed by atoms with Crippen LogP contribution in [-0.4, -0.2) is 22.2 Å². The summed E-state index contributed by atoms with van der Waals surface area (Å²) in [6.45, 7) is 12.9. The molecule has 0 aromatic carbocycles. The van der Waals surface area contributed by atoms with Gasteiger partial charge in [-0.05, 0) is 25.1 Å². The van der Waals surface area contributed by atoms with Gasteiger partial charge in [0.25, 0.3) is 6.33 Å². The van der Waals surface area contributed by atoms with E-state index in [0.717, 1.165) is 0 Å². The van der Waals surface area contributed by atoms with E-state index in [1.54, 1.807) is 3.97 Å². The molecule has 0 saturated heterocycles. The third-order valence-corrected chi connectivity index (χ3v) is 11.9. The first kappa shape index (κ1) is 15.4. The van der Waals surface area contributed by atoms with Crippen LogP contribution in [0.5, 0.6) is 0 Å². The van der Waals surface area contributed by atoms with Crippen LogP contribution >= 0.6 is 0 Å². The average Bonchev–Trinajstić information content (AvgIpc) is 2.63. The predicted molar refractivity (Wildman–Crippen MR) is 79.3 cm³/mol. The van der Waals surface area contributed by atoms with Crippen LogP contribution in [0.4, 0.5) is 0 Å². The van der Waals surface area contributed by atoms with Crippen molar-refractivity contribution in [3.8, 4) is 0 Å². The first-order chi connectivity index (χ1) is 8.02. The van der Waals surface area contributed by atoms with Crippen molar-refractivity contribution < 1.29 is 8.78 Å². The SMILES string of the molecule is CCS(=O)(=N[Si](C)(C)C(C)(C)C)n1cc[n+](C)c1. The molecule has 1 unspecified atom stereocenters. The standard InChI is InChI=1S/C12H26N3OSSi/c1-8-17(16,15-10-9-14(5)11-15)13-18(6,7)12(2,3)4/h9-11H,8H2,1-7H3/q+1. The summed E-state index contributed by atoms with van der Waals surface area (Å²) in [7, 11) is -2.33. The van der Waals surface area contributed by atoms with Gasteiger partial charge in [-0.15, -0.1) is 3.97 Å². The number of rotatable bonds is 3. The molecule has 0 N–H and O–H groups in total. The smallest absolute Gasteiger partial charge is 0.243 e. The molecule has 0 aliphatic heterocycles. The second-order valence-corrected chi connectivity index (χ2v) is 13.8. The Bertz CT molecular complexity index is 534. The van der Waals surface area contributed by atoms with Gasteiger partial charge in [-0.2, -0.15) is 0 Å². The fourth-order valence-electron chi connectivity index (χ4n) is 1.35. The third kappa shape index (κ3) is 3.03. The van der Waals surface area contributed by atoms with Crippen LogP contribution in [-0.2, 0) is 17.0 Å². The molecule has 0 radical (unpaired) electrons. The van der Waals surface area contributed by atoms with Crippen LogP contribution in [0.3, 0.4) is 0 Å². The van der Waals surface area contributed by atoms with Crippen LogP contribution in [0.15, 0.2) is 22.7 Å². The fraction of sp³-hybridized carbons (Fsp3) is 0.750. The Morgan fingerprint density at radius 3 is 2.28 bits per heavy atom. The van der Waals surface area contributed by atoms with E-state index < -0.39 is 18.2 Å². The molecule has 104 valence electrons. The minimum Gasteiger partial charge on any atom is -0.243 e. The average molecular weight is 289 g/mol. The molecule has 0 amide bonds. The van der Waals surface area contributed by atoms with E-state index in [2.05, 4.69) is 33.9 Å². The summed E-state index contributed by atoms with van der Waals surface area (Å²) >= 11 is 0. The highest BCUT2D eigenvalue weighted by atomic mass is 32.2. The summed E-state index contributed by atoms with van der Waals surface area (Å²) in [5, 5.41) is 0.111. The highest BCUT2D eigenvalue weighted by Gasteiger charge is 2.38. The highest BCUT2D eigenvalue weighted by molar-refractivity contribution is 7.92. The Morgan fingerprint density at radius 1 is 1.39 bits per heavy atom. The molecule has 0 spiro atoms. The van der Waals surface area contributed by atoms with Crippen LogP contribution in [0.25, 0.3) is 0 Å². The van der Waals surface area contributed by atoms with Crippen molar-refractivity contribution in [3.05, 3.63) is 18.7 Å². The summed E-state index contributed by atoms with van der Waals surface area (Å²) in [6.07, 6.45) is 5.60. The topological polar surface area (TPSA) is 38.2 Å². The van der Waals surface area contributed by atoms with E-state index in [4.69, 9.17) is 4.03 Å².